The Morgan fingerprint density at radius 3 is 2.32 bits per heavy atom. The summed E-state index contributed by atoms with van der Waals surface area (Å²) in [5.41, 5.74) is -0.503. The first kappa shape index (κ1) is 16.2. The second-order valence-electron chi connectivity index (χ2n) is 3.51. The van der Waals surface area contributed by atoms with Crippen LogP contribution in [0.15, 0.2) is 23.1 Å². The van der Waals surface area contributed by atoms with Crippen LogP contribution in [-0.4, -0.2) is 37.6 Å². The Bertz CT molecular complexity index is 581. The fourth-order valence-corrected chi connectivity index (χ4v) is 3.71. The molecule has 0 spiro atoms. The SMILES string of the molecule is N#Cc1c(F)cccc1S(=O)(=O)N(CCCl)CCCl. The van der Waals surface area contributed by atoms with E-state index in [1.807, 2.05) is 0 Å². The fraction of sp³-hybridized carbons (Fsp3) is 0.364. The largest absolute Gasteiger partial charge is 0.244 e. The molecule has 0 aliphatic heterocycles. The zero-order chi connectivity index (χ0) is 14.5. The first-order valence-corrected chi connectivity index (χ1v) is 7.80. The highest BCUT2D eigenvalue weighted by atomic mass is 35.5. The van der Waals surface area contributed by atoms with Crippen molar-refractivity contribution < 1.29 is 12.8 Å². The molecule has 1 aromatic carbocycles. The fourth-order valence-electron chi connectivity index (χ4n) is 1.51. The molecule has 0 N–H and O–H groups in total. The summed E-state index contributed by atoms with van der Waals surface area (Å²) in [6.07, 6.45) is 0. The Hall–Kier alpha value is -0.870. The number of hydrogen-bond donors (Lipinski definition) is 0. The molecule has 0 saturated heterocycles. The van der Waals surface area contributed by atoms with E-state index in [9.17, 15) is 12.8 Å². The zero-order valence-corrected chi connectivity index (χ0v) is 12.1. The van der Waals surface area contributed by atoms with Gasteiger partial charge in [-0.2, -0.15) is 9.57 Å². The average Bonchev–Trinajstić information content (AvgIpc) is 2.38. The molecule has 0 bridgehead atoms. The highest BCUT2D eigenvalue weighted by Crippen LogP contribution is 2.22. The van der Waals surface area contributed by atoms with E-state index in [4.69, 9.17) is 28.5 Å². The summed E-state index contributed by atoms with van der Waals surface area (Å²) in [6.45, 7) is 0.0793. The van der Waals surface area contributed by atoms with E-state index in [0.29, 0.717) is 0 Å². The van der Waals surface area contributed by atoms with Gasteiger partial charge in [-0.3, -0.25) is 0 Å². The Balaban J connectivity index is 3.34. The molecule has 0 saturated carbocycles. The molecule has 0 radical (unpaired) electrons. The summed E-state index contributed by atoms with van der Waals surface area (Å²) in [5, 5.41) is 8.88. The molecule has 0 atom stereocenters. The highest BCUT2D eigenvalue weighted by molar-refractivity contribution is 7.89. The second-order valence-corrected chi connectivity index (χ2v) is 6.17. The molecule has 19 heavy (non-hydrogen) atoms. The van der Waals surface area contributed by atoms with Gasteiger partial charge in [0.25, 0.3) is 0 Å². The third-order valence-corrected chi connectivity index (χ3v) is 4.65. The Labute approximate surface area is 121 Å². The van der Waals surface area contributed by atoms with Crippen molar-refractivity contribution in [3.63, 3.8) is 0 Å². The molecule has 0 aliphatic carbocycles. The molecule has 0 heterocycles. The van der Waals surface area contributed by atoms with Crippen LogP contribution in [0.4, 0.5) is 4.39 Å². The van der Waals surface area contributed by atoms with Crippen LogP contribution in [-0.2, 0) is 10.0 Å². The van der Waals surface area contributed by atoms with Crippen molar-refractivity contribution in [2.45, 2.75) is 4.90 Å². The summed E-state index contributed by atoms with van der Waals surface area (Å²) in [4.78, 5) is -0.370. The van der Waals surface area contributed by atoms with Gasteiger partial charge in [0.15, 0.2) is 0 Å². The lowest BCUT2D eigenvalue weighted by atomic mass is 10.2. The number of rotatable bonds is 6. The lowest BCUT2D eigenvalue weighted by Crippen LogP contribution is -2.35. The van der Waals surface area contributed by atoms with Crippen LogP contribution >= 0.6 is 23.2 Å². The number of nitriles is 1. The van der Waals surface area contributed by atoms with E-state index < -0.39 is 21.4 Å². The topological polar surface area (TPSA) is 61.2 Å². The van der Waals surface area contributed by atoms with E-state index in [1.165, 1.54) is 12.1 Å². The molecular weight excluding hydrogens is 314 g/mol. The monoisotopic (exact) mass is 324 g/mol. The predicted octanol–water partition coefficient (Wildman–Crippen LogP) is 2.17. The van der Waals surface area contributed by atoms with E-state index in [2.05, 4.69) is 0 Å². The van der Waals surface area contributed by atoms with Gasteiger partial charge in [0, 0.05) is 24.8 Å². The normalized spacial score (nSPS) is 11.5. The zero-order valence-electron chi connectivity index (χ0n) is 9.81. The smallest absolute Gasteiger partial charge is 0.207 e. The van der Waals surface area contributed by atoms with E-state index in [-0.39, 0.29) is 29.7 Å². The van der Waals surface area contributed by atoms with Gasteiger partial charge in [0.1, 0.15) is 22.3 Å². The maximum atomic E-state index is 13.5. The lowest BCUT2D eigenvalue weighted by Gasteiger charge is -2.20. The van der Waals surface area contributed by atoms with Crippen LogP contribution in [0.2, 0.25) is 0 Å². The molecule has 4 nitrogen and oxygen atoms in total. The van der Waals surface area contributed by atoms with Crippen molar-refractivity contribution >= 4 is 33.2 Å². The van der Waals surface area contributed by atoms with Gasteiger partial charge in [0.05, 0.1) is 0 Å². The van der Waals surface area contributed by atoms with E-state index in [1.54, 1.807) is 6.07 Å². The van der Waals surface area contributed by atoms with Crippen LogP contribution in [0.25, 0.3) is 0 Å². The third kappa shape index (κ3) is 3.57. The summed E-state index contributed by atoms with van der Waals surface area (Å²) < 4.78 is 39.2. The standard InChI is InChI=1S/C11H11Cl2FN2O2S/c12-4-6-16(7-5-13)19(17,18)11-3-1-2-10(14)9(11)8-15/h1-3H,4-7H2. The van der Waals surface area contributed by atoms with Crippen molar-refractivity contribution in [3.05, 3.63) is 29.6 Å². The highest BCUT2D eigenvalue weighted by Gasteiger charge is 2.27. The van der Waals surface area contributed by atoms with E-state index >= 15 is 0 Å². The van der Waals surface area contributed by atoms with Gasteiger partial charge in [0.2, 0.25) is 10.0 Å². The van der Waals surface area contributed by atoms with Crippen LogP contribution < -0.4 is 0 Å². The lowest BCUT2D eigenvalue weighted by molar-refractivity contribution is 0.447. The average molecular weight is 325 g/mol. The van der Waals surface area contributed by atoms with Crippen LogP contribution in [0.1, 0.15) is 5.56 Å². The number of halogens is 3. The summed E-state index contributed by atoms with van der Waals surface area (Å²) in [6, 6.07) is 5.02. The Kier molecular flexibility index (Phi) is 6.01. The molecule has 0 fully saturated rings. The van der Waals surface area contributed by atoms with Crippen molar-refractivity contribution in [1.82, 2.24) is 4.31 Å². The first-order valence-electron chi connectivity index (χ1n) is 5.29. The van der Waals surface area contributed by atoms with Gasteiger partial charge >= 0.3 is 0 Å². The van der Waals surface area contributed by atoms with Crippen molar-refractivity contribution in [2.75, 3.05) is 24.8 Å². The molecule has 0 unspecified atom stereocenters. The number of sulfonamides is 1. The summed E-state index contributed by atoms with van der Waals surface area (Å²) >= 11 is 11.1. The van der Waals surface area contributed by atoms with Crippen LogP contribution in [0.5, 0.6) is 0 Å². The minimum atomic E-state index is -3.99. The molecule has 104 valence electrons. The Morgan fingerprint density at radius 1 is 1.26 bits per heavy atom. The maximum absolute atomic E-state index is 13.5. The van der Waals surface area contributed by atoms with Gasteiger partial charge < -0.3 is 0 Å². The van der Waals surface area contributed by atoms with Crippen LogP contribution in [0, 0.1) is 17.1 Å². The molecule has 0 amide bonds. The van der Waals surface area contributed by atoms with Gasteiger partial charge in [-0.15, -0.1) is 23.2 Å². The number of benzene rings is 1. The predicted molar refractivity (Wildman–Crippen MR) is 71.3 cm³/mol. The minimum absolute atomic E-state index is 0.0397. The minimum Gasteiger partial charge on any atom is -0.207 e. The second kappa shape index (κ2) is 7.06. The third-order valence-electron chi connectivity index (χ3n) is 2.37. The molecule has 0 aliphatic rings. The molecule has 0 aromatic heterocycles. The number of hydrogen-bond acceptors (Lipinski definition) is 3. The molecule has 1 rings (SSSR count). The number of alkyl halides is 2. The number of nitrogens with zero attached hydrogens (tertiary/aromatic N) is 2. The summed E-state index contributed by atoms with van der Waals surface area (Å²) in [7, 11) is -3.99. The van der Waals surface area contributed by atoms with Crippen molar-refractivity contribution in [3.8, 4) is 6.07 Å². The first-order chi connectivity index (χ1) is 8.98. The maximum Gasteiger partial charge on any atom is 0.244 e. The molecule has 8 heteroatoms. The van der Waals surface area contributed by atoms with Crippen molar-refractivity contribution in [2.24, 2.45) is 0 Å². The van der Waals surface area contributed by atoms with E-state index in [0.717, 1.165) is 10.4 Å². The molecular formula is C11H11Cl2FN2O2S. The van der Waals surface area contributed by atoms with Crippen molar-refractivity contribution in [1.29, 1.82) is 5.26 Å². The van der Waals surface area contributed by atoms with Crippen LogP contribution in [0.3, 0.4) is 0 Å². The van der Waals surface area contributed by atoms with Gasteiger partial charge in [-0.05, 0) is 12.1 Å². The summed E-state index contributed by atoms with van der Waals surface area (Å²) in [5.74, 6) is -0.721. The quantitative estimate of drug-likeness (QED) is 0.753. The van der Waals surface area contributed by atoms with Gasteiger partial charge in [-0.25, -0.2) is 12.8 Å². The molecule has 1 aromatic rings. The Morgan fingerprint density at radius 2 is 1.84 bits per heavy atom. The van der Waals surface area contributed by atoms with Gasteiger partial charge in [-0.1, -0.05) is 6.07 Å².